The lowest BCUT2D eigenvalue weighted by molar-refractivity contribution is 0.0734. The molecule has 2 aromatic rings. The molecule has 2 aliphatic rings. The van der Waals surface area contributed by atoms with Crippen molar-refractivity contribution in [2.24, 2.45) is 0 Å². The van der Waals surface area contributed by atoms with Crippen molar-refractivity contribution in [1.82, 2.24) is 15.1 Å². The third kappa shape index (κ3) is 2.28. The molecule has 0 aromatic carbocycles. The van der Waals surface area contributed by atoms with E-state index in [0.29, 0.717) is 18.7 Å². The molecule has 1 amide bonds. The van der Waals surface area contributed by atoms with Gasteiger partial charge in [0.05, 0.1) is 24.1 Å². The molecule has 0 spiro atoms. The predicted octanol–water partition coefficient (Wildman–Crippen LogP) is 2.17. The van der Waals surface area contributed by atoms with Crippen LogP contribution in [0, 0.1) is 0 Å². The Morgan fingerprint density at radius 2 is 2.48 bits per heavy atom. The number of nitrogens with zero attached hydrogens (tertiary/aromatic N) is 2. The van der Waals surface area contributed by atoms with Gasteiger partial charge < -0.3 is 9.64 Å². The van der Waals surface area contributed by atoms with Crippen LogP contribution in [0.2, 0.25) is 0 Å². The highest BCUT2D eigenvalue weighted by atomic mass is 32.1. The molecule has 5 nitrogen and oxygen atoms in total. The number of aromatic nitrogens is 2. The van der Waals surface area contributed by atoms with Gasteiger partial charge in [-0.05, 0) is 29.9 Å². The highest BCUT2D eigenvalue weighted by Crippen LogP contribution is 2.29. The molecular formula is C15H17N3O2S. The second kappa shape index (κ2) is 5.27. The average molecular weight is 303 g/mol. The highest BCUT2D eigenvalue weighted by molar-refractivity contribution is 7.10. The van der Waals surface area contributed by atoms with E-state index >= 15 is 0 Å². The number of H-pyrrole nitrogens is 1. The Kier molecular flexibility index (Phi) is 3.27. The summed E-state index contributed by atoms with van der Waals surface area (Å²) in [5, 5.41) is 9.21. The van der Waals surface area contributed by atoms with Crippen LogP contribution in [0.25, 0.3) is 0 Å². The van der Waals surface area contributed by atoms with Crippen molar-refractivity contribution in [2.75, 3.05) is 19.8 Å². The first-order chi connectivity index (χ1) is 10.3. The standard InChI is InChI=1S/C15H17N3O2S/c19-15(18-4-1-13-10(8-18)3-6-21-13)12-7-16-17-14(12)11-2-5-20-9-11/h3,6-7,11H,1-2,4-5,8-9H2,(H,16,17). The molecule has 4 rings (SSSR count). The van der Waals surface area contributed by atoms with Crippen molar-refractivity contribution < 1.29 is 9.53 Å². The van der Waals surface area contributed by atoms with Crippen molar-refractivity contribution in [2.45, 2.75) is 25.3 Å². The molecule has 110 valence electrons. The van der Waals surface area contributed by atoms with Gasteiger partial charge in [0, 0.05) is 30.5 Å². The second-order valence-electron chi connectivity index (χ2n) is 5.60. The fourth-order valence-electron chi connectivity index (χ4n) is 3.13. The van der Waals surface area contributed by atoms with Gasteiger partial charge >= 0.3 is 0 Å². The largest absolute Gasteiger partial charge is 0.381 e. The summed E-state index contributed by atoms with van der Waals surface area (Å²) in [6.45, 7) is 2.94. The van der Waals surface area contributed by atoms with Gasteiger partial charge in [0.25, 0.3) is 5.91 Å². The number of thiophene rings is 1. The van der Waals surface area contributed by atoms with Crippen LogP contribution >= 0.6 is 11.3 Å². The summed E-state index contributed by atoms with van der Waals surface area (Å²) in [6.07, 6.45) is 3.58. The molecular weight excluding hydrogens is 286 g/mol. The third-order valence-electron chi connectivity index (χ3n) is 4.33. The van der Waals surface area contributed by atoms with E-state index in [4.69, 9.17) is 4.74 Å². The summed E-state index contributed by atoms with van der Waals surface area (Å²) in [6, 6.07) is 2.13. The minimum Gasteiger partial charge on any atom is -0.381 e. The minimum absolute atomic E-state index is 0.0856. The van der Waals surface area contributed by atoms with E-state index in [9.17, 15) is 4.79 Å². The van der Waals surface area contributed by atoms with Crippen LogP contribution in [0.4, 0.5) is 0 Å². The summed E-state index contributed by atoms with van der Waals surface area (Å²) < 4.78 is 5.43. The number of carbonyl (C=O) groups excluding carboxylic acids is 1. The number of rotatable bonds is 2. The number of fused-ring (bicyclic) bond motifs is 1. The molecule has 2 aromatic heterocycles. The zero-order valence-corrected chi connectivity index (χ0v) is 12.5. The van der Waals surface area contributed by atoms with Crippen LogP contribution in [0.15, 0.2) is 17.6 Å². The van der Waals surface area contributed by atoms with Crippen LogP contribution in [0.5, 0.6) is 0 Å². The Balaban J connectivity index is 1.57. The maximum absolute atomic E-state index is 12.8. The maximum atomic E-state index is 12.8. The van der Waals surface area contributed by atoms with E-state index in [1.165, 1.54) is 10.4 Å². The quantitative estimate of drug-likeness (QED) is 0.925. The Hall–Kier alpha value is -1.66. The molecule has 21 heavy (non-hydrogen) atoms. The Bertz CT molecular complexity index is 657. The molecule has 2 aliphatic heterocycles. The minimum atomic E-state index is 0.0856. The fraction of sp³-hybridized carbons (Fsp3) is 0.467. The van der Waals surface area contributed by atoms with Crippen LogP contribution in [-0.2, 0) is 17.7 Å². The Morgan fingerprint density at radius 1 is 1.52 bits per heavy atom. The van der Waals surface area contributed by atoms with Gasteiger partial charge in [0.2, 0.25) is 0 Å². The van der Waals surface area contributed by atoms with Crippen molar-refractivity contribution >= 4 is 17.2 Å². The van der Waals surface area contributed by atoms with E-state index in [0.717, 1.165) is 31.7 Å². The average Bonchev–Trinajstić information content (AvgIpc) is 3.24. The van der Waals surface area contributed by atoms with E-state index in [2.05, 4.69) is 21.6 Å². The lowest BCUT2D eigenvalue weighted by Gasteiger charge is -2.27. The first-order valence-electron chi connectivity index (χ1n) is 7.28. The summed E-state index contributed by atoms with van der Waals surface area (Å²) in [4.78, 5) is 16.1. The number of hydrogen-bond acceptors (Lipinski definition) is 4. The molecule has 0 saturated carbocycles. The zero-order chi connectivity index (χ0) is 14.2. The Morgan fingerprint density at radius 3 is 3.33 bits per heavy atom. The van der Waals surface area contributed by atoms with Crippen LogP contribution in [0.3, 0.4) is 0 Å². The molecule has 1 fully saturated rings. The topological polar surface area (TPSA) is 58.2 Å². The maximum Gasteiger partial charge on any atom is 0.257 e. The second-order valence-corrected chi connectivity index (χ2v) is 6.60. The summed E-state index contributed by atoms with van der Waals surface area (Å²) in [5.74, 6) is 0.357. The molecule has 1 saturated heterocycles. The molecule has 1 atom stereocenters. The molecule has 1 unspecified atom stereocenters. The number of amides is 1. The van der Waals surface area contributed by atoms with Gasteiger partial charge in [-0.3, -0.25) is 9.89 Å². The van der Waals surface area contributed by atoms with Crippen LogP contribution in [0.1, 0.15) is 38.8 Å². The van der Waals surface area contributed by atoms with Gasteiger partial charge in [-0.2, -0.15) is 5.10 Å². The van der Waals surface area contributed by atoms with E-state index in [1.54, 1.807) is 17.5 Å². The predicted molar refractivity (Wildman–Crippen MR) is 79.5 cm³/mol. The van der Waals surface area contributed by atoms with Crippen molar-refractivity contribution in [3.63, 3.8) is 0 Å². The monoisotopic (exact) mass is 303 g/mol. The molecule has 4 heterocycles. The van der Waals surface area contributed by atoms with Crippen molar-refractivity contribution in [3.05, 3.63) is 39.3 Å². The summed E-state index contributed by atoms with van der Waals surface area (Å²) in [7, 11) is 0. The number of nitrogens with one attached hydrogen (secondary N) is 1. The van der Waals surface area contributed by atoms with Gasteiger partial charge in [-0.15, -0.1) is 11.3 Å². The molecule has 0 aliphatic carbocycles. The smallest absolute Gasteiger partial charge is 0.257 e. The van der Waals surface area contributed by atoms with E-state index in [1.807, 2.05) is 4.90 Å². The van der Waals surface area contributed by atoms with E-state index < -0.39 is 0 Å². The van der Waals surface area contributed by atoms with Crippen molar-refractivity contribution in [1.29, 1.82) is 0 Å². The zero-order valence-electron chi connectivity index (χ0n) is 11.7. The highest BCUT2D eigenvalue weighted by Gasteiger charge is 2.29. The lowest BCUT2D eigenvalue weighted by Crippen LogP contribution is -2.35. The van der Waals surface area contributed by atoms with Crippen molar-refractivity contribution in [3.8, 4) is 0 Å². The lowest BCUT2D eigenvalue weighted by atomic mass is 10.00. The normalized spacial score (nSPS) is 21.5. The number of ether oxygens (including phenoxy) is 1. The Labute approximate surface area is 126 Å². The fourth-order valence-corrected chi connectivity index (χ4v) is 4.02. The number of carbonyl (C=O) groups is 1. The van der Waals surface area contributed by atoms with Gasteiger partial charge in [0.1, 0.15) is 0 Å². The number of hydrogen-bond donors (Lipinski definition) is 1. The number of aromatic amines is 1. The molecule has 1 N–H and O–H groups in total. The van der Waals surface area contributed by atoms with Crippen LogP contribution < -0.4 is 0 Å². The SMILES string of the molecule is O=C(c1cn[nH]c1C1CCOC1)N1CCc2sccc2C1. The van der Waals surface area contributed by atoms with Gasteiger partial charge in [0.15, 0.2) is 0 Å². The molecule has 6 heteroatoms. The summed E-state index contributed by atoms with van der Waals surface area (Å²) in [5.41, 5.74) is 2.94. The third-order valence-corrected chi connectivity index (χ3v) is 5.36. The van der Waals surface area contributed by atoms with E-state index in [-0.39, 0.29) is 11.8 Å². The van der Waals surface area contributed by atoms with Crippen LogP contribution in [-0.4, -0.2) is 40.8 Å². The summed E-state index contributed by atoms with van der Waals surface area (Å²) >= 11 is 1.79. The molecule has 0 radical (unpaired) electrons. The van der Waals surface area contributed by atoms with Gasteiger partial charge in [-0.25, -0.2) is 0 Å². The van der Waals surface area contributed by atoms with Gasteiger partial charge in [-0.1, -0.05) is 0 Å². The first kappa shape index (κ1) is 13.0. The first-order valence-corrected chi connectivity index (χ1v) is 8.16. The molecule has 0 bridgehead atoms.